The lowest BCUT2D eigenvalue weighted by Gasteiger charge is -2.18. The Hall–Kier alpha value is -0.790. The lowest BCUT2D eigenvalue weighted by Crippen LogP contribution is -2.20. The standard InChI is InChI=1S/C16H22ClN/c1-3-12(2)4-5-14-11-18-9-8-13-6-7-15(17)10-16(13)14/h6-7,10,14,18H,2-5,8-9,11H2,1H3. The lowest BCUT2D eigenvalue weighted by molar-refractivity contribution is 0.568. The minimum absolute atomic E-state index is 0.574. The van der Waals surface area contributed by atoms with E-state index < -0.39 is 0 Å². The zero-order valence-electron chi connectivity index (χ0n) is 11.1. The molecule has 0 fully saturated rings. The van der Waals surface area contributed by atoms with Gasteiger partial charge < -0.3 is 5.32 Å². The highest BCUT2D eigenvalue weighted by Crippen LogP contribution is 2.30. The van der Waals surface area contributed by atoms with Crippen LogP contribution in [0.15, 0.2) is 30.4 Å². The Bertz CT molecular complexity index is 425. The molecular weight excluding hydrogens is 242 g/mol. The number of fused-ring (bicyclic) bond motifs is 1. The number of nitrogens with one attached hydrogen (secondary N) is 1. The average Bonchev–Trinajstić information content (AvgIpc) is 2.58. The molecule has 0 bridgehead atoms. The zero-order chi connectivity index (χ0) is 13.0. The second kappa shape index (κ2) is 6.40. The van der Waals surface area contributed by atoms with Crippen molar-refractivity contribution in [2.45, 2.75) is 38.5 Å². The minimum atomic E-state index is 0.574. The third-order valence-electron chi connectivity index (χ3n) is 3.86. The second-order valence-electron chi connectivity index (χ2n) is 5.14. The first-order valence-electron chi connectivity index (χ1n) is 6.86. The van der Waals surface area contributed by atoms with Crippen LogP contribution in [0, 0.1) is 0 Å². The van der Waals surface area contributed by atoms with Gasteiger partial charge in [-0.25, -0.2) is 0 Å². The van der Waals surface area contributed by atoms with Crippen LogP contribution in [0.1, 0.15) is 43.2 Å². The number of rotatable bonds is 4. The van der Waals surface area contributed by atoms with Gasteiger partial charge >= 0.3 is 0 Å². The second-order valence-corrected chi connectivity index (χ2v) is 5.57. The van der Waals surface area contributed by atoms with Gasteiger partial charge in [0.15, 0.2) is 0 Å². The van der Waals surface area contributed by atoms with E-state index in [9.17, 15) is 0 Å². The van der Waals surface area contributed by atoms with Gasteiger partial charge in [0.2, 0.25) is 0 Å². The maximum Gasteiger partial charge on any atom is 0.0409 e. The molecule has 0 radical (unpaired) electrons. The van der Waals surface area contributed by atoms with Crippen molar-refractivity contribution in [3.63, 3.8) is 0 Å². The summed E-state index contributed by atoms with van der Waals surface area (Å²) in [6.45, 7) is 8.42. The number of benzene rings is 1. The lowest BCUT2D eigenvalue weighted by atomic mass is 9.89. The molecule has 98 valence electrons. The van der Waals surface area contributed by atoms with Gasteiger partial charge in [-0.15, -0.1) is 0 Å². The zero-order valence-corrected chi connectivity index (χ0v) is 11.9. The molecule has 1 aliphatic heterocycles. The molecule has 2 heteroatoms. The van der Waals surface area contributed by atoms with Crippen LogP contribution in [0.4, 0.5) is 0 Å². The van der Waals surface area contributed by atoms with Gasteiger partial charge in [0, 0.05) is 11.6 Å². The minimum Gasteiger partial charge on any atom is -0.316 e. The quantitative estimate of drug-likeness (QED) is 0.798. The molecule has 2 rings (SSSR count). The van der Waals surface area contributed by atoms with Gasteiger partial charge in [0.1, 0.15) is 0 Å². The van der Waals surface area contributed by atoms with Crippen molar-refractivity contribution in [1.29, 1.82) is 0 Å². The first-order chi connectivity index (χ1) is 8.70. The fourth-order valence-corrected chi connectivity index (χ4v) is 2.78. The Morgan fingerprint density at radius 3 is 3.11 bits per heavy atom. The number of halogens is 1. The van der Waals surface area contributed by atoms with Crippen molar-refractivity contribution in [2.24, 2.45) is 0 Å². The summed E-state index contributed by atoms with van der Waals surface area (Å²) in [6, 6.07) is 6.35. The molecule has 18 heavy (non-hydrogen) atoms. The predicted octanol–water partition coefficient (Wildman–Crippen LogP) is 4.32. The predicted molar refractivity (Wildman–Crippen MR) is 79.4 cm³/mol. The summed E-state index contributed by atoms with van der Waals surface area (Å²) in [7, 11) is 0. The largest absolute Gasteiger partial charge is 0.316 e. The van der Waals surface area contributed by atoms with Crippen LogP contribution in [0.3, 0.4) is 0 Å². The summed E-state index contributed by atoms with van der Waals surface area (Å²) in [5.41, 5.74) is 4.25. The van der Waals surface area contributed by atoms with E-state index in [4.69, 9.17) is 11.6 Å². The number of allylic oxidation sites excluding steroid dienone is 1. The molecule has 1 atom stereocenters. The molecule has 0 saturated heterocycles. The van der Waals surface area contributed by atoms with E-state index in [1.54, 1.807) is 0 Å². The molecule has 0 aromatic heterocycles. The van der Waals surface area contributed by atoms with Gasteiger partial charge in [0.25, 0.3) is 0 Å². The van der Waals surface area contributed by atoms with E-state index in [2.05, 4.69) is 31.0 Å². The summed E-state index contributed by atoms with van der Waals surface area (Å²) >= 11 is 6.15. The third-order valence-corrected chi connectivity index (χ3v) is 4.09. The van der Waals surface area contributed by atoms with E-state index >= 15 is 0 Å². The summed E-state index contributed by atoms with van der Waals surface area (Å²) in [5.74, 6) is 0.574. The molecule has 1 heterocycles. The molecule has 1 aromatic rings. The molecule has 0 saturated carbocycles. The fraction of sp³-hybridized carbons (Fsp3) is 0.500. The molecule has 1 aromatic carbocycles. The number of hydrogen-bond donors (Lipinski definition) is 1. The highest BCUT2D eigenvalue weighted by Gasteiger charge is 2.18. The average molecular weight is 264 g/mol. The Labute approximate surface area is 115 Å². The topological polar surface area (TPSA) is 12.0 Å². The van der Waals surface area contributed by atoms with Crippen molar-refractivity contribution in [1.82, 2.24) is 5.32 Å². The van der Waals surface area contributed by atoms with Crippen LogP contribution in [0.25, 0.3) is 0 Å². The van der Waals surface area contributed by atoms with Crippen LogP contribution in [-0.4, -0.2) is 13.1 Å². The summed E-state index contributed by atoms with van der Waals surface area (Å²) in [6.07, 6.45) is 4.49. The first kappa shape index (κ1) is 13.6. The van der Waals surface area contributed by atoms with Crippen LogP contribution in [0.2, 0.25) is 5.02 Å². The number of hydrogen-bond acceptors (Lipinski definition) is 1. The van der Waals surface area contributed by atoms with Gasteiger partial charge in [-0.2, -0.15) is 0 Å². The van der Waals surface area contributed by atoms with E-state index in [1.807, 2.05) is 6.07 Å². The summed E-state index contributed by atoms with van der Waals surface area (Å²) < 4.78 is 0. The normalized spacial score (nSPS) is 19.1. The first-order valence-corrected chi connectivity index (χ1v) is 7.24. The van der Waals surface area contributed by atoms with Gasteiger partial charge in [-0.1, -0.05) is 36.7 Å². The summed E-state index contributed by atoms with van der Waals surface area (Å²) in [4.78, 5) is 0. The van der Waals surface area contributed by atoms with Crippen molar-refractivity contribution in [2.75, 3.05) is 13.1 Å². The smallest absolute Gasteiger partial charge is 0.0409 e. The van der Waals surface area contributed by atoms with Gasteiger partial charge in [-0.3, -0.25) is 0 Å². The highest BCUT2D eigenvalue weighted by molar-refractivity contribution is 6.30. The third kappa shape index (κ3) is 3.37. The monoisotopic (exact) mass is 263 g/mol. The van der Waals surface area contributed by atoms with Crippen molar-refractivity contribution in [3.8, 4) is 0 Å². The maximum atomic E-state index is 6.15. The maximum absolute atomic E-state index is 6.15. The Morgan fingerprint density at radius 1 is 1.50 bits per heavy atom. The van der Waals surface area contributed by atoms with Gasteiger partial charge in [0.05, 0.1) is 0 Å². The van der Waals surface area contributed by atoms with Crippen molar-refractivity contribution in [3.05, 3.63) is 46.5 Å². The molecule has 0 amide bonds. The van der Waals surface area contributed by atoms with Crippen LogP contribution >= 0.6 is 11.6 Å². The molecule has 1 N–H and O–H groups in total. The van der Waals surface area contributed by atoms with E-state index in [-0.39, 0.29) is 0 Å². The fourth-order valence-electron chi connectivity index (χ4n) is 2.60. The molecule has 0 aliphatic carbocycles. The van der Waals surface area contributed by atoms with Crippen LogP contribution in [-0.2, 0) is 6.42 Å². The van der Waals surface area contributed by atoms with E-state index in [1.165, 1.54) is 23.1 Å². The van der Waals surface area contributed by atoms with Crippen molar-refractivity contribution >= 4 is 11.6 Å². The SMILES string of the molecule is C=C(CC)CCC1CNCCc2ccc(Cl)cc21. The summed E-state index contributed by atoms with van der Waals surface area (Å²) in [5, 5.41) is 4.39. The molecule has 1 nitrogen and oxygen atoms in total. The highest BCUT2D eigenvalue weighted by atomic mass is 35.5. The van der Waals surface area contributed by atoms with E-state index in [0.717, 1.165) is 37.4 Å². The van der Waals surface area contributed by atoms with E-state index in [0.29, 0.717) is 5.92 Å². The molecular formula is C16H22ClN. The Morgan fingerprint density at radius 2 is 2.33 bits per heavy atom. The Kier molecular flexibility index (Phi) is 4.85. The molecule has 0 spiro atoms. The van der Waals surface area contributed by atoms with Crippen LogP contribution in [0.5, 0.6) is 0 Å². The Balaban J connectivity index is 2.15. The van der Waals surface area contributed by atoms with Crippen molar-refractivity contribution < 1.29 is 0 Å². The van der Waals surface area contributed by atoms with Crippen LogP contribution < -0.4 is 5.32 Å². The molecule has 1 unspecified atom stereocenters. The molecule has 1 aliphatic rings. The van der Waals surface area contributed by atoms with Gasteiger partial charge in [-0.05, 0) is 61.4 Å².